The number of hydrogen-bond acceptors (Lipinski definition) is 19. The summed E-state index contributed by atoms with van der Waals surface area (Å²) in [4.78, 5) is 21.5. The van der Waals surface area contributed by atoms with Crippen LogP contribution in [0, 0.1) is 17.8 Å². The minimum absolute atomic E-state index is 0. The van der Waals surface area contributed by atoms with Crippen LogP contribution in [0.4, 0.5) is 0 Å². The first-order valence-corrected chi connectivity index (χ1v) is 16.2. The van der Waals surface area contributed by atoms with Crippen LogP contribution in [0.3, 0.4) is 0 Å². The summed E-state index contributed by atoms with van der Waals surface area (Å²) < 4.78 is 44.0. The van der Waals surface area contributed by atoms with Gasteiger partial charge in [0.15, 0.2) is 0 Å². The number of aliphatic hydroxyl groups is 7. The smallest absolute Gasteiger partial charge is 0.548 e. The molecule has 0 aliphatic carbocycles. The largest absolute Gasteiger partial charge is 1.00 e. The molecule has 7 N–H and O–H groups in total. The van der Waals surface area contributed by atoms with Crippen molar-refractivity contribution in [1.29, 1.82) is 0 Å². The second kappa shape index (κ2) is 24.8. The van der Waals surface area contributed by atoms with E-state index in [4.69, 9.17) is 37.9 Å². The van der Waals surface area contributed by atoms with Crippen molar-refractivity contribution in [2.24, 2.45) is 17.8 Å². The van der Waals surface area contributed by atoms with Crippen molar-refractivity contribution in [3.8, 4) is 0 Å². The molecule has 0 amide bonds. The summed E-state index contributed by atoms with van der Waals surface area (Å²) >= 11 is 0. The molecule has 0 spiro atoms. The Morgan fingerprint density at radius 2 is 0.882 bits per heavy atom. The SMILES string of the molecule is CCC1C(COCC(=O)[O-])OC(COCC2C(CO)OC(COCC3C(COCC(=O)[O-])OC(COC)C(O)C3O)C(O)C2O)C(O)C1O.[Na+].[Na+]. The maximum absolute atomic E-state index is 10.9. The molecule has 21 heteroatoms. The molecule has 0 radical (unpaired) electrons. The van der Waals surface area contributed by atoms with Crippen molar-refractivity contribution in [3.63, 3.8) is 0 Å². The van der Waals surface area contributed by atoms with Gasteiger partial charge in [0, 0.05) is 24.9 Å². The van der Waals surface area contributed by atoms with Crippen LogP contribution in [-0.4, -0.2) is 194 Å². The second-order valence-corrected chi connectivity index (χ2v) is 12.5. The number of hydrogen-bond donors (Lipinski definition) is 7. The number of rotatable bonds is 20. The van der Waals surface area contributed by atoms with Gasteiger partial charge in [-0.1, -0.05) is 6.92 Å². The monoisotopic (exact) mass is 760 g/mol. The van der Waals surface area contributed by atoms with Gasteiger partial charge in [-0.15, -0.1) is 0 Å². The fourth-order valence-electron chi connectivity index (χ4n) is 6.45. The van der Waals surface area contributed by atoms with Gasteiger partial charge in [-0.05, 0) is 6.42 Å². The van der Waals surface area contributed by atoms with Gasteiger partial charge in [0.05, 0.1) is 115 Å². The van der Waals surface area contributed by atoms with Gasteiger partial charge in [-0.2, -0.15) is 0 Å². The predicted molar refractivity (Wildman–Crippen MR) is 155 cm³/mol. The van der Waals surface area contributed by atoms with E-state index in [1.807, 2.05) is 0 Å². The zero-order valence-corrected chi connectivity index (χ0v) is 33.5. The van der Waals surface area contributed by atoms with Crippen molar-refractivity contribution >= 4 is 11.9 Å². The molecule has 3 saturated heterocycles. The summed E-state index contributed by atoms with van der Waals surface area (Å²) in [5.74, 6) is -5.28. The van der Waals surface area contributed by atoms with Crippen LogP contribution in [0.15, 0.2) is 0 Å². The Hall–Kier alpha value is 0.340. The Morgan fingerprint density at radius 3 is 1.27 bits per heavy atom. The third-order valence-electron chi connectivity index (χ3n) is 9.16. The quantitative estimate of drug-likeness (QED) is 0.0567. The molecule has 0 aromatic heterocycles. The van der Waals surface area contributed by atoms with Gasteiger partial charge in [0.25, 0.3) is 0 Å². The summed E-state index contributed by atoms with van der Waals surface area (Å²) in [7, 11) is 1.37. The standard InChI is InChI=1S/C30H52O19.2Na/c1-3-14-18(8-45-12-23(32)33)48-22(29(40)25(14)36)11-43-5-15-17(4-31)47-21(30(41)26(15)37)10-44-6-16-19(9-46-13-24(34)35)49-20(7-42-2)28(39)27(16)38;;/h14-22,25-31,36-41H,3-13H2,1-2H3,(H,32,33)(H,34,35);;/q;2*+1/p-2. The molecule has 51 heavy (non-hydrogen) atoms. The third kappa shape index (κ3) is 14.1. The Bertz CT molecular complexity index is 999. The number of carboxylic acids is 2. The number of ether oxygens (including phenoxy) is 8. The van der Waals surface area contributed by atoms with E-state index >= 15 is 0 Å². The van der Waals surface area contributed by atoms with Crippen LogP contribution < -0.4 is 69.3 Å². The van der Waals surface area contributed by atoms with Crippen molar-refractivity contribution in [2.45, 2.75) is 86.6 Å². The molecule has 0 bridgehead atoms. The zero-order valence-electron chi connectivity index (χ0n) is 29.5. The number of carboxylic acid groups (broad SMARTS) is 2. The summed E-state index contributed by atoms with van der Waals surface area (Å²) in [5, 5.41) is 95.8. The molecule has 19 nitrogen and oxygen atoms in total. The maximum Gasteiger partial charge on any atom is 1.00 e. The topological polar surface area (TPSA) is 296 Å². The molecular formula is C30H50Na2O19. The van der Waals surface area contributed by atoms with E-state index in [-0.39, 0.29) is 105 Å². The van der Waals surface area contributed by atoms with Crippen LogP contribution >= 0.6 is 0 Å². The first-order chi connectivity index (χ1) is 23.3. The summed E-state index contributed by atoms with van der Waals surface area (Å²) in [6.45, 7) is -1.85. The van der Waals surface area contributed by atoms with E-state index in [0.717, 1.165) is 0 Å². The Balaban J connectivity index is 0.00000650. The molecule has 3 rings (SSSR count). The van der Waals surface area contributed by atoms with Gasteiger partial charge < -0.3 is 93.4 Å². The van der Waals surface area contributed by atoms with Gasteiger partial charge in [0.2, 0.25) is 0 Å². The summed E-state index contributed by atoms with van der Waals surface area (Å²) in [5.41, 5.74) is 0. The minimum Gasteiger partial charge on any atom is -0.548 e. The summed E-state index contributed by atoms with van der Waals surface area (Å²) in [6, 6.07) is 0. The number of carbonyl (C=O) groups excluding carboxylic acids is 2. The van der Waals surface area contributed by atoms with E-state index in [1.165, 1.54) is 7.11 Å². The first-order valence-electron chi connectivity index (χ1n) is 16.2. The van der Waals surface area contributed by atoms with Gasteiger partial charge in [0.1, 0.15) is 36.6 Å². The van der Waals surface area contributed by atoms with Gasteiger partial charge in [-0.3, -0.25) is 0 Å². The van der Waals surface area contributed by atoms with Crippen molar-refractivity contribution in [3.05, 3.63) is 0 Å². The zero-order chi connectivity index (χ0) is 36.2. The first kappa shape index (κ1) is 49.4. The molecule has 3 fully saturated rings. The Labute approximate surface area is 340 Å². The molecular weight excluding hydrogens is 710 g/mol. The van der Waals surface area contributed by atoms with Crippen LogP contribution in [0.25, 0.3) is 0 Å². The van der Waals surface area contributed by atoms with E-state index in [2.05, 4.69) is 0 Å². The molecule has 15 unspecified atom stereocenters. The van der Waals surface area contributed by atoms with Crippen molar-refractivity contribution in [1.82, 2.24) is 0 Å². The Morgan fingerprint density at radius 1 is 0.529 bits per heavy atom. The fourth-order valence-corrected chi connectivity index (χ4v) is 6.45. The van der Waals surface area contributed by atoms with Gasteiger partial charge in [-0.25, -0.2) is 0 Å². The van der Waals surface area contributed by atoms with E-state index in [1.54, 1.807) is 6.92 Å². The molecule has 286 valence electrons. The molecule has 15 atom stereocenters. The molecule has 0 saturated carbocycles. The number of carbonyl (C=O) groups is 2. The summed E-state index contributed by atoms with van der Waals surface area (Å²) in [6.07, 6.45) is -13.7. The van der Waals surface area contributed by atoms with E-state index in [0.29, 0.717) is 6.42 Å². The normalized spacial score (nSPS) is 38.3. The minimum atomic E-state index is -1.52. The molecule has 3 aliphatic rings. The fraction of sp³-hybridized carbons (Fsp3) is 0.933. The van der Waals surface area contributed by atoms with Crippen molar-refractivity contribution in [2.75, 3.05) is 73.2 Å². The van der Waals surface area contributed by atoms with E-state index < -0.39 is 123 Å². The maximum atomic E-state index is 10.9. The number of aliphatic carboxylic acids is 2. The van der Waals surface area contributed by atoms with Crippen molar-refractivity contribution < 1.29 is 153 Å². The molecule has 0 aromatic carbocycles. The van der Waals surface area contributed by atoms with Crippen LogP contribution in [-0.2, 0) is 47.5 Å². The average Bonchev–Trinajstić information content (AvgIpc) is 3.05. The second-order valence-electron chi connectivity index (χ2n) is 12.5. The molecule has 0 aromatic rings. The molecule has 3 heterocycles. The van der Waals surface area contributed by atoms with Crippen LogP contribution in [0.2, 0.25) is 0 Å². The predicted octanol–water partition coefficient (Wildman–Crippen LogP) is -13.1. The number of methoxy groups -OCH3 is 1. The van der Waals surface area contributed by atoms with Gasteiger partial charge >= 0.3 is 59.1 Å². The van der Waals surface area contributed by atoms with E-state index in [9.17, 15) is 55.5 Å². The van der Waals surface area contributed by atoms with Crippen LogP contribution in [0.5, 0.6) is 0 Å². The molecule has 3 aliphatic heterocycles. The average molecular weight is 761 g/mol. The van der Waals surface area contributed by atoms with Crippen LogP contribution in [0.1, 0.15) is 13.3 Å². The Kier molecular flexibility index (Phi) is 24.0. The third-order valence-corrected chi connectivity index (χ3v) is 9.16. The number of aliphatic hydroxyl groups excluding tert-OH is 7.